The van der Waals surface area contributed by atoms with Gasteiger partial charge in [0.25, 0.3) is 5.91 Å². The minimum Gasteiger partial charge on any atom is -0.384 e. The number of carbonyl (C=O) groups excluding carboxylic acids is 2. The van der Waals surface area contributed by atoms with Crippen LogP contribution < -0.4 is 4.90 Å². The highest BCUT2D eigenvalue weighted by molar-refractivity contribution is 6.04. The molecule has 4 aromatic heterocycles. The molecular weight excluding hydrogens is 460 g/mol. The van der Waals surface area contributed by atoms with E-state index in [9.17, 15) is 14.7 Å². The van der Waals surface area contributed by atoms with Crippen molar-refractivity contribution in [3.05, 3.63) is 42.4 Å². The minimum atomic E-state index is -1.03. The number of nitrogens with one attached hydrogen (secondary N) is 1. The first-order valence-electron chi connectivity index (χ1n) is 12.0. The Bertz CT molecular complexity index is 1490. The van der Waals surface area contributed by atoms with Gasteiger partial charge in [0.2, 0.25) is 0 Å². The van der Waals surface area contributed by atoms with Crippen molar-refractivity contribution in [2.24, 2.45) is 0 Å². The van der Waals surface area contributed by atoms with Gasteiger partial charge in [-0.15, -0.1) is 0 Å². The predicted molar refractivity (Wildman–Crippen MR) is 133 cm³/mol. The van der Waals surface area contributed by atoms with E-state index >= 15 is 0 Å². The maximum absolute atomic E-state index is 13.5. The van der Waals surface area contributed by atoms with Crippen LogP contribution in [-0.2, 0) is 11.3 Å². The monoisotopic (exact) mass is 486 g/mol. The molecule has 184 valence electrons. The van der Waals surface area contributed by atoms with Crippen LogP contribution in [-0.4, -0.2) is 84.3 Å². The van der Waals surface area contributed by atoms with Gasteiger partial charge < -0.3 is 14.9 Å². The van der Waals surface area contributed by atoms with Crippen molar-refractivity contribution in [3.63, 3.8) is 0 Å². The van der Waals surface area contributed by atoms with Gasteiger partial charge in [-0.3, -0.25) is 19.8 Å². The topological polar surface area (TPSA) is 131 Å². The second-order valence-corrected chi connectivity index (χ2v) is 9.47. The van der Waals surface area contributed by atoms with Crippen LogP contribution in [0.3, 0.4) is 0 Å². The summed E-state index contributed by atoms with van der Waals surface area (Å²) in [7, 11) is 1.78. The molecular formula is C25H26N8O3. The molecule has 0 bridgehead atoms. The van der Waals surface area contributed by atoms with E-state index in [2.05, 4.69) is 20.2 Å². The molecule has 0 radical (unpaired) electrons. The highest BCUT2D eigenvalue weighted by atomic mass is 16.3. The Labute approximate surface area is 206 Å². The summed E-state index contributed by atoms with van der Waals surface area (Å²) < 4.78 is 0. The summed E-state index contributed by atoms with van der Waals surface area (Å²) in [6, 6.07) is 5.61. The molecule has 36 heavy (non-hydrogen) atoms. The summed E-state index contributed by atoms with van der Waals surface area (Å²) in [5.41, 5.74) is 5.37. The molecule has 0 spiro atoms. The Morgan fingerprint density at radius 2 is 1.97 bits per heavy atom. The molecule has 4 aromatic rings. The number of hydrogen-bond donors (Lipinski definition) is 2. The number of fused-ring (bicyclic) bond motifs is 4. The summed E-state index contributed by atoms with van der Waals surface area (Å²) in [6.07, 6.45) is 5.49. The van der Waals surface area contributed by atoms with E-state index in [1.54, 1.807) is 29.2 Å². The second kappa shape index (κ2) is 8.52. The van der Waals surface area contributed by atoms with Crippen molar-refractivity contribution in [2.75, 3.05) is 25.0 Å². The molecule has 0 unspecified atom stereocenters. The van der Waals surface area contributed by atoms with E-state index in [4.69, 9.17) is 4.98 Å². The van der Waals surface area contributed by atoms with Crippen molar-refractivity contribution in [1.82, 2.24) is 34.9 Å². The van der Waals surface area contributed by atoms with Crippen LogP contribution in [0.15, 0.2) is 36.8 Å². The molecule has 2 aliphatic rings. The van der Waals surface area contributed by atoms with Gasteiger partial charge in [0.15, 0.2) is 5.65 Å². The van der Waals surface area contributed by atoms with Gasteiger partial charge in [-0.05, 0) is 38.0 Å². The number of piperidine rings is 1. The van der Waals surface area contributed by atoms with Crippen molar-refractivity contribution < 1.29 is 14.7 Å². The smallest absolute Gasteiger partial charge is 0.324 e. The number of aliphatic hydroxyl groups is 1. The number of likely N-dealkylation sites (tertiary alicyclic amines) is 1. The Hall–Kier alpha value is -4.12. The molecule has 3 amide bonds. The third-order valence-electron chi connectivity index (χ3n) is 7.03. The zero-order valence-electron chi connectivity index (χ0n) is 20.0. The van der Waals surface area contributed by atoms with E-state index in [1.165, 1.54) is 6.92 Å². The van der Waals surface area contributed by atoms with Gasteiger partial charge in [0, 0.05) is 55.1 Å². The van der Waals surface area contributed by atoms with E-state index < -0.39 is 6.10 Å². The number of aliphatic hydroxyl groups excluding tert-OH is 1. The minimum absolute atomic E-state index is 0.0935. The summed E-state index contributed by atoms with van der Waals surface area (Å²) in [5.74, 6) is -0.278. The molecule has 1 atom stereocenters. The third kappa shape index (κ3) is 3.63. The lowest BCUT2D eigenvalue weighted by Gasteiger charge is -2.43. The number of urea groups is 1. The lowest BCUT2D eigenvalue weighted by molar-refractivity contribution is -0.140. The number of carbonyl (C=O) groups is 2. The normalized spacial score (nSPS) is 17.6. The molecule has 6 heterocycles. The highest BCUT2D eigenvalue weighted by Crippen LogP contribution is 2.38. The van der Waals surface area contributed by atoms with E-state index in [0.29, 0.717) is 49.2 Å². The van der Waals surface area contributed by atoms with Crippen molar-refractivity contribution in [1.29, 1.82) is 0 Å². The van der Waals surface area contributed by atoms with Crippen molar-refractivity contribution >= 4 is 39.7 Å². The van der Waals surface area contributed by atoms with Gasteiger partial charge in [0.05, 0.1) is 29.6 Å². The van der Waals surface area contributed by atoms with Crippen LogP contribution in [0, 0.1) is 0 Å². The first kappa shape index (κ1) is 22.4. The van der Waals surface area contributed by atoms with Crippen LogP contribution in [0.25, 0.3) is 33.3 Å². The first-order chi connectivity index (χ1) is 17.4. The molecule has 0 aromatic carbocycles. The van der Waals surface area contributed by atoms with E-state index in [-0.39, 0.29) is 18.0 Å². The number of hydrogen-bond acceptors (Lipinski definition) is 7. The second-order valence-electron chi connectivity index (χ2n) is 9.47. The predicted octanol–water partition coefficient (Wildman–Crippen LogP) is 2.31. The van der Waals surface area contributed by atoms with Gasteiger partial charge in [-0.2, -0.15) is 5.10 Å². The molecule has 2 N–H and O–H groups in total. The zero-order chi connectivity index (χ0) is 25.0. The number of aromatic amines is 1. The van der Waals surface area contributed by atoms with Crippen LogP contribution in [0.4, 0.5) is 10.5 Å². The van der Waals surface area contributed by atoms with Gasteiger partial charge in [-0.1, -0.05) is 0 Å². The summed E-state index contributed by atoms with van der Waals surface area (Å²) >= 11 is 0. The average Bonchev–Trinajstić information content (AvgIpc) is 3.37. The molecule has 0 aliphatic carbocycles. The quantitative estimate of drug-likeness (QED) is 0.454. The number of H-pyrrole nitrogens is 1. The summed E-state index contributed by atoms with van der Waals surface area (Å²) in [6.45, 7) is 2.89. The molecule has 2 aliphatic heterocycles. The standard InChI is InChI=1S/C25H26N8O3/c1-14(34)24(35)32-7-5-18(6-8-32)33-22-17(13-31(2)25(33)36)11-26-20-4-3-19(29-21(20)22)15-9-16-12-28-30-23(16)27-10-15/h3-4,9-12,14,18,34H,5-8,13H2,1-2H3,(H,27,28,30)/t14-/m0/s1. The number of rotatable bonds is 3. The van der Waals surface area contributed by atoms with Crippen LogP contribution in [0.1, 0.15) is 25.3 Å². The Morgan fingerprint density at radius 1 is 1.17 bits per heavy atom. The van der Waals surface area contributed by atoms with Crippen molar-refractivity contribution in [2.45, 2.75) is 38.5 Å². The third-order valence-corrected chi connectivity index (χ3v) is 7.03. The van der Waals surface area contributed by atoms with Crippen LogP contribution in [0.5, 0.6) is 0 Å². The number of pyridine rings is 3. The van der Waals surface area contributed by atoms with Crippen LogP contribution >= 0.6 is 0 Å². The van der Waals surface area contributed by atoms with Gasteiger partial charge >= 0.3 is 6.03 Å². The number of aromatic nitrogens is 5. The molecule has 1 fully saturated rings. The SMILES string of the molecule is C[C@H](O)C(=O)N1CCC(N2C(=O)N(C)Cc3cnc4ccc(-c5cnc6[nH]ncc6c5)nc4c32)CC1. The Kier molecular flexibility index (Phi) is 5.29. The highest BCUT2D eigenvalue weighted by Gasteiger charge is 2.38. The number of anilines is 1. The fraction of sp³-hybridized carbons (Fsp3) is 0.360. The van der Waals surface area contributed by atoms with E-state index in [1.807, 2.05) is 29.3 Å². The number of amides is 3. The lowest BCUT2D eigenvalue weighted by atomic mass is 9.99. The lowest BCUT2D eigenvalue weighted by Crippen LogP contribution is -2.55. The number of nitrogens with zero attached hydrogens (tertiary/aromatic N) is 7. The molecule has 0 saturated carbocycles. The largest absolute Gasteiger partial charge is 0.384 e. The fourth-order valence-electron chi connectivity index (χ4n) is 5.16. The van der Waals surface area contributed by atoms with Gasteiger partial charge in [-0.25, -0.2) is 14.8 Å². The summed E-state index contributed by atoms with van der Waals surface area (Å²) in [4.78, 5) is 45.0. The van der Waals surface area contributed by atoms with Crippen LogP contribution in [0.2, 0.25) is 0 Å². The van der Waals surface area contributed by atoms with Gasteiger partial charge in [0.1, 0.15) is 11.6 Å². The maximum Gasteiger partial charge on any atom is 0.324 e. The first-order valence-corrected chi connectivity index (χ1v) is 12.0. The molecule has 11 heteroatoms. The fourth-order valence-corrected chi connectivity index (χ4v) is 5.16. The Morgan fingerprint density at radius 3 is 2.75 bits per heavy atom. The van der Waals surface area contributed by atoms with E-state index in [0.717, 1.165) is 27.9 Å². The zero-order valence-corrected chi connectivity index (χ0v) is 20.0. The Balaban J connectivity index is 1.42. The maximum atomic E-state index is 13.5. The molecule has 11 nitrogen and oxygen atoms in total. The summed E-state index contributed by atoms with van der Waals surface area (Å²) in [5, 5.41) is 17.5. The van der Waals surface area contributed by atoms with Crippen molar-refractivity contribution in [3.8, 4) is 11.3 Å². The molecule has 1 saturated heterocycles. The average molecular weight is 487 g/mol. The molecule has 6 rings (SSSR count).